The van der Waals surface area contributed by atoms with Crippen LogP contribution in [-0.2, 0) is 0 Å². The Morgan fingerprint density at radius 1 is 1.50 bits per heavy atom. The maximum atomic E-state index is 8.94. The molecule has 3 nitrogen and oxygen atoms in total. The molecule has 84 valence electrons. The van der Waals surface area contributed by atoms with Gasteiger partial charge in [0.05, 0.1) is 11.6 Å². The lowest BCUT2D eigenvalue weighted by Crippen LogP contribution is -2.26. The molecule has 1 aliphatic rings. The molecule has 0 spiro atoms. The van der Waals surface area contributed by atoms with Crippen molar-refractivity contribution in [1.29, 1.82) is 5.26 Å². The number of aromatic nitrogens is 1. The van der Waals surface area contributed by atoms with Crippen LogP contribution in [0.2, 0.25) is 0 Å². The molecule has 0 N–H and O–H groups in total. The summed E-state index contributed by atoms with van der Waals surface area (Å²) in [6.07, 6.45) is 2.68. The van der Waals surface area contributed by atoms with Gasteiger partial charge in [-0.2, -0.15) is 5.26 Å². The van der Waals surface area contributed by atoms with Gasteiger partial charge in [-0.1, -0.05) is 0 Å². The Morgan fingerprint density at radius 2 is 2.25 bits per heavy atom. The Labute approximate surface area is 96.7 Å². The summed E-state index contributed by atoms with van der Waals surface area (Å²) >= 11 is 0. The number of anilines is 1. The zero-order chi connectivity index (χ0) is 11.5. The number of nitrogens with zero attached hydrogens (tertiary/aromatic N) is 3. The average Bonchev–Trinajstić information content (AvgIpc) is 3.08. The van der Waals surface area contributed by atoms with Crippen LogP contribution in [0.25, 0.3) is 0 Å². The van der Waals surface area contributed by atoms with Crippen LogP contribution in [0.3, 0.4) is 0 Å². The van der Waals surface area contributed by atoms with E-state index >= 15 is 0 Å². The standard InChI is InChI=1S/C13H17N3/c1-3-16(9-11-4-5-11)13-7-12(8-14)6-10(2)15-13/h6-7,11H,3-5,9H2,1-2H3. The van der Waals surface area contributed by atoms with Gasteiger partial charge in [0.15, 0.2) is 0 Å². The highest BCUT2D eigenvalue weighted by atomic mass is 15.2. The third-order valence-corrected chi connectivity index (χ3v) is 2.95. The molecular weight excluding hydrogens is 198 g/mol. The van der Waals surface area contributed by atoms with Gasteiger partial charge in [-0.05, 0) is 44.7 Å². The van der Waals surface area contributed by atoms with E-state index < -0.39 is 0 Å². The maximum absolute atomic E-state index is 8.94. The average molecular weight is 215 g/mol. The zero-order valence-electron chi connectivity index (χ0n) is 9.90. The lowest BCUT2D eigenvalue weighted by atomic mass is 10.2. The molecule has 0 bridgehead atoms. The summed E-state index contributed by atoms with van der Waals surface area (Å²) in [6.45, 7) is 6.11. The van der Waals surface area contributed by atoms with Crippen LogP contribution in [0.1, 0.15) is 31.0 Å². The minimum atomic E-state index is 0.705. The Hall–Kier alpha value is -1.56. The van der Waals surface area contributed by atoms with Gasteiger partial charge < -0.3 is 4.90 Å². The molecular formula is C13H17N3. The molecule has 1 saturated carbocycles. The number of hydrogen-bond donors (Lipinski definition) is 0. The van der Waals surface area contributed by atoms with E-state index in [0.29, 0.717) is 5.56 Å². The van der Waals surface area contributed by atoms with Crippen molar-refractivity contribution in [2.24, 2.45) is 5.92 Å². The summed E-state index contributed by atoms with van der Waals surface area (Å²) in [4.78, 5) is 6.78. The van der Waals surface area contributed by atoms with E-state index in [9.17, 15) is 0 Å². The van der Waals surface area contributed by atoms with Gasteiger partial charge in [0.1, 0.15) is 5.82 Å². The Morgan fingerprint density at radius 3 is 2.81 bits per heavy atom. The molecule has 1 heterocycles. The fraction of sp³-hybridized carbons (Fsp3) is 0.538. The molecule has 0 atom stereocenters. The molecule has 2 rings (SSSR count). The Bertz CT molecular complexity index is 416. The maximum Gasteiger partial charge on any atom is 0.130 e. The van der Waals surface area contributed by atoms with Crippen molar-refractivity contribution in [2.45, 2.75) is 26.7 Å². The third kappa shape index (κ3) is 2.52. The minimum absolute atomic E-state index is 0.705. The fourth-order valence-corrected chi connectivity index (χ4v) is 1.87. The summed E-state index contributed by atoms with van der Waals surface area (Å²) in [6, 6.07) is 5.91. The summed E-state index contributed by atoms with van der Waals surface area (Å²) in [5.74, 6) is 1.79. The largest absolute Gasteiger partial charge is 0.357 e. The van der Waals surface area contributed by atoms with Gasteiger partial charge in [-0.15, -0.1) is 0 Å². The van der Waals surface area contributed by atoms with Crippen molar-refractivity contribution in [1.82, 2.24) is 4.98 Å². The fourth-order valence-electron chi connectivity index (χ4n) is 1.87. The van der Waals surface area contributed by atoms with Crippen LogP contribution in [0.5, 0.6) is 0 Å². The van der Waals surface area contributed by atoms with E-state index in [0.717, 1.165) is 30.5 Å². The van der Waals surface area contributed by atoms with E-state index in [-0.39, 0.29) is 0 Å². The van der Waals surface area contributed by atoms with E-state index in [1.54, 1.807) is 0 Å². The van der Waals surface area contributed by atoms with Crippen LogP contribution in [0, 0.1) is 24.2 Å². The molecule has 1 aromatic heterocycles. The summed E-state index contributed by atoms with van der Waals surface area (Å²) in [5, 5.41) is 8.94. The molecule has 0 unspecified atom stereocenters. The smallest absolute Gasteiger partial charge is 0.130 e. The summed E-state index contributed by atoms with van der Waals surface area (Å²) < 4.78 is 0. The molecule has 0 radical (unpaired) electrons. The first kappa shape index (κ1) is 10.9. The summed E-state index contributed by atoms with van der Waals surface area (Å²) in [7, 11) is 0. The Kier molecular flexibility index (Phi) is 3.09. The van der Waals surface area contributed by atoms with Crippen molar-refractivity contribution < 1.29 is 0 Å². The summed E-state index contributed by atoms with van der Waals surface area (Å²) in [5.41, 5.74) is 1.63. The lowest BCUT2D eigenvalue weighted by Gasteiger charge is -2.22. The molecule has 1 aliphatic carbocycles. The van der Waals surface area contributed by atoms with Crippen LogP contribution in [-0.4, -0.2) is 18.1 Å². The lowest BCUT2D eigenvalue weighted by molar-refractivity contribution is 0.730. The highest BCUT2D eigenvalue weighted by molar-refractivity contribution is 5.46. The molecule has 16 heavy (non-hydrogen) atoms. The van der Waals surface area contributed by atoms with E-state index in [1.807, 2.05) is 19.1 Å². The molecule has 0 amide bonds. The van der Waals surface area contributed by atoms with Gasteiger partial charge >= 0.3 is 0 Å². The van der Waals surface area contributed by atoms with Crippen LogP contribution < -0.4 is 4.90 Å². The molecule has 1 aromatic rings. The van der Waals surface area contributed by atoms with Gasteiger partial charge in [-0.3, -0.25) is 0 Å². The second-order valence-corrected chi connectivity index (χ2v) is 4.45. The predicted octanol–water partition coefficient (Wildman–Crippen LogP) is 2.50. The second-order valence-electron chi connectivity index (χ2n) is 4.45. The van der Waals surface area contributed by atoms with Gasteiger partial charge in [0, 0.05) is 18.8 Å². The third-order valence-electron chi connectivity index (χ3n) is 2.95. The van der Waals surface area contributed by atoms with E-state index in [2.05, 4.69) is 22.9 Å². The topological polar surface area (TPSA) is 39.9 Å². The van der Waals surface area contributed by atoms with Gasteiger partial charge in [0.2, 0.25) is 0 Å². The second kappa shape index (κ2) is 4.52. The van der Waals surface area contributed by atoms with Crippen molar-refractivity contribution in [3.63, 3.8) is 0 Å². The number of hydrogen-bond acceptors (Lipinski definition) is 3. The molecule has 0 saturated heterocycles. The number of nitriles is 1. The van der Waals surface area contributed by atoms with Crippen LogP contribution in [0.4, 0.5) is 5.82 Å². The molecule has 0 aromatic carbocycles. The number of aryl methyl sites for hydroxylation is 1. The highest BCUT2D eigenvalue weighted by Gasteiger charge is 2.24. The van der Waals surface area contributed by atoms with Crippen molar-refractivity contribution in [3.05, 3.63) is 23.4 Å². The van der Waals surface area contributed by atoms with E-state index in [4.69, 9.17) is 5.26 Å². The van der Waals surface area contributed by atoms with Crippen LogP contribution in [0.15, 0.2) is 12.1 Å². The van der Waals surface area contributed by atoms with Crippen molar-refractivity contribution in [2.75, 3.05) is 18.0 Å². The van der Waals surface area contributed by atoms with Crippen molar-refractivity contribution in [3.8, 4) is 6.07 Å². The van der Waals surface area contributed by atoms with Gasteiger partial charge in [-0.25, -0.2) is 4.98 Å². The molecule has 1 fully saturated rings. The minimum Gasteiger partial charge on any atom is -0.357 e. The first-order valence-electron chi connectivity index (χ1n) is 5.86. The van der Waals surface area contributed by atoms with Crippen molar-refractivity contribution >= 4 is 5.82 Å². The normalized spacial score (nSPS) is 14.6. The predicted molar refractivity (Wildman–Crippen MR) is 64.3 cm³/mol. The van der Waals surface area contributed by atoms with E-state index in [1.165, 1.54) is 12.8 Å². The quantitative estimate of drug-likeness (QED) is 0.774. The number of pyridine rings is 1. The first-order chi connectivity index (χ1) is 7.72. The molecule has 3 heteroatoms. The van der Waals surface area contributed by atoms with Crippen LogP contribution >= 0.6 is 0 Å². The van der Waals surface area contributed by atoms with Gasteiger partial charge in [0.25, 0.3) is 0 Å². The molecule has 0 aliphatic heterocycles. The highest BCUT2D eigenvalue weighted by Crippen LogP contribution is 2.31. The zero-order valence-corrected chi connectivity index (χ0v) is 9.90. The monoisotopic (exact) mass is 215 g/mol. The SMILES string of the molecule is CCN(CC1CC1)c1cc(C#N)cc(C)n1. The number of rotatable bonds is 4. The Balaban J connectivity index is 2.22. The first-order valence-corrected chi connectivity index (χ1v) is 5.86.